The number of likely N-dealkylation sites (N-methyl/N-ethyl adjacent to an activating group) is 1. The molecule has 0 aliphatic carbocycles. The number of aromatic nitrogens is 1. The number of nitrogens with two attached hydrogens (primary N) is 1. The Morgan fingerprint density at radius 1 is 1.03 bits per heavy atom. The summed E-state index contributed by atoms with van der Waals surface area (Å²) < 4.78 is 1.78. The highest BCUT2D eigenvalue weighted by molar-refractivity contribution is 6.06. The molecule has 3 aromatic rings. The van der Waals surface area contributed by atoms with E-state index in [1.165, 1.54) is 5.56 Å². The van der Waals surface area contributed by atoms with Gasteiger partial charge in [0.05, 0.1) is 11.6 Å². The van der Waals surface area contributed by atoms with E-state index in [9.17, 15) is 9.59 Å². The number of primary amides is 1. The molecule has 6 heteroatoms. The molecule has 0 fully saturated rings. The third kappa shape index (κ3) is 4.66. The number of para-hydroxylation sites is 1. The Morgan fingerprint density at radius 2 is 1.69 bits per heavy atom. The van der Waals surface area contributed by atoms with Crippen LogP contribution in [0.4, 0.5) is 0 Å². The van der Waals surface area contributed by atoms with E-state index in [1.54, 1.807) is 10.8 Å². The number of rotatable bonds is 9. The molecule has 29 heavy (non-hydrogen) atoms. The molecule has 152 valence electrons. The largest absolute Gasteiger partial charge is 0.366 e. The van der Waals surface area contributed by atoms with E-state index in [2.05, 4.69) is 36.2 Å². The van der Waals surface area contributed by atoms with E-state index in [1.807, 2.05) is 42.5 Å². The van der Waals surface area contributed by atoms with Gasteiger partial charge in [0.15, 0.2) is 0 Å². The Kier molecular flexibility index (Phi) is 6.67. The molecule has 0 aliphatic heterocycles. The van der Waals surface area contributed by atoms with Crippen LogP contribution in [-0.4, -0.2) is 40.9 Å². The lowest BCUT2D eigenvalue weighted by atomic mass is 10.1. The Balaban J connectivity index is 1.75. The fraction of sp³-hybridized carbons (Fsp3) is 0.304. The fourth-order valence-electron chi connectivity index (χ4n) is 3.79. The Labute approximate surface area is 171 Å². The zero-order chi connectivity index (χ0) is 20.8. The molecule has 1 aromatic heterocycles. The molecule has 2 aromatic carbocycles. The summed E-state index contributed by atoms with van der Waals surface area (Å²) in [4.78, 5) is 26.8. The first kappa shape index (κ1) is 20.6. The molecule has 2 amide bonds. The lowest BCUT2D eigenvalue weighted by Gasteiger charge is -2.30. The molecule has 0 bridgehead atoms. The number of amides is 2. The van der Waals surface area contributed by atoms with Crippen LogP contribution < -0.4 is 11.1 Å². The van der Waals surface area contributed by atoms with E-state index in [0.717, 1.165) is 24.0 Å². The van der Waals surface area contributed by atoms with Crippen LogP contribution in [-0.2, 0) is 11.3 Å². The molecule has 3 rings (SSSR count). The quantitative estimate of drug-likeness (QED) is 0.588. The normalized spacial score (nSPS) is 12.2. The number of carbonyl (C=O) groups is 2. The summed E-state index contributed by atoms with van der Waals surface area (Å²) in [6, 6.07) is 17.8. The van der Waals surface area contributed by atoms with Gasteiger partial charge in [-0.05, 0) is 24.7 Å². The molecule has 0 spiro atoms. The molecule has 1 heterocycles. The highest BCUT2D eigenvalue weighted by atomic mass is 16.2. The van der Waals surface area contributed by atoms with Crippen molar-refractivity contribution in [2.75, 3.05) is 19.6 Å². The van der Waals surface area contributed by atoms with Gasteiger partial charge in [-0.15, -0.1) is 0 Å². The zero-order valence-electron chi connectivity index (χ0n) is 17.0. The predicted octanol–water partition coefficient (Wildman–Crippen LogP) is 2.94. The van der Waals surface area contributed by atoms with Crippen LogP contribution in [0.25, 0.3) is 10.9 Å². The minimum atomic E-state index is -0.494. The molecule has 3 N–H and O–H groups in total. The van der Waals surface area contributed by atoms with Gasteiger partial charge in [-0.25, -0.2) is 0 Å². The van der Waals surface area contributed by atoms with Gasteiger partial charge < -0.3 is 15.6 Å². The topological polar surface area (TPSA) is 80.4 Å². The van der Waals surface area contributed by atoms with Gasteiger partial charge in [-0.3, -0.25) is 14.5 Å². The van der Waals surface area contributed by atoms with Gasteiger partial charge in [0.2, 0.25) is 5.91 Å². The second kappa shape index (κ2) is 9.39. The summed E-state index contributed by atoms with van der Waals surface area (Å²) in [6.45, 7) is 6.70. The van der Waals surface area contributed by atoms with Crippen molar-refractivity contribution in [1.29, 1.82) is 0 Å². The van der Waals surface area contributed by atoms with Crippen LogP contribution in [0.2, 0.25) is 0 Å². The van der Waals surface area contributed by atoms with Crippen molar-refractivity contribution in [1.82, 2.24) is 14.8 Å². The molecular formula is C23H28N4O2. The van der Waals surface area contributed by atoms with Crippen molar-refractivity contribution in [2.45, 2.75) is 26.4 Å². The SMILES string of the molecule is CCN(CC)[C@H](CNC(=O)Cn1cc(C(N)=O)c2ccccc21)c1ccccc1. The van der Waals surface area contributed by atoms with Gasteiger partial charge in [0.1, 0.15) is 6.54 Å². The van der Waals surface area contributed by atoms with Crippen molar-refractivity contribution < 1.29 is 9.59 Å². The average Bonchev–Trinajstić information content (AvgIpc) is 3.10. The third-order valence-electron chi connectivity index (χ3n) is 5.30. The number of nitrogens with one attached hydrogen (secondary N) is 1. The minimum absolute atomic E-state index is 0.102. The number of fused-ring (bicyclic) bond motifs is 1. The van der Waals surface area contributed by atoms with Gasteiger partial charge in [-0.2, -0.15) is 0 Å². The first-order valence-corrected chi connectivity index (χ1v) is 9.98. The maximum Gasteiger partial charge on any atom is 0.250 e. The van der Waals surface area contributed by atoms with Crippen molar-refractivity contribution in [2.24, 2.45) is 5.73 Å². The van der Waals surface area contributed by atoms with Crippen LogP contribution in [0.1, 0.15) is 35.8 Å². The summed E-state index contributed by atoms with van der Waals surface area (Å²) in [5.74, 6) is -0.596. The monoisotopic (exact) mass is 392 g/mol. The fourth-order valence-corrected chi connectivity index (χ4v) is 3.79. The van der Waals surface area contributed by atoms with Gasteiger partial charge in [-0.1, -0.05) is 62.4 Å². The second-order valence-electron chi connectivity index (χ2n) is 7.00. The van der Waals surface area contributed by atoms with E-state index in [4.69, 9.17) is 5.73 Å². The predicted molar refractivity (Wildman–Crippen MR) is 116 cm³/mol. The molecule has 1 atom stereocenters. The summed E-state index contributed by atoms with van der Waals surface area (Å²) in [5.41, 5.74) is 7.92. The van der Waals surface area contributed by atoms with Crippen LogP contribution in [0, 0.1) is 0 Å². The molecule has 0 aliphatic rings. The lowest BCUT2D eigenvalue weighted by molar-refractivity contribution is -0.121. The van der Waals surface area contributed by atoms with Crippen molar-refractivity contribution in [3.8, 4) is 0 Å². The van der Waals surface area contributed by atoms with E-state index < -0.39 is 5.91 Å². The Morgan fingerprint density at radius 3 is 2.34 bits per heavy atom. The molecule has 6 nitrogen and oxygen atoms in total. The summed E-state index contributed by atoms with van der Waals surface area (Å²) in [7, 11) is 0. The first-order chi connectivity index (χ1) is 14.0. The zero-order valence-corrected chi connectivity index (χ0v) is 17.0. The van der Waals surface area contributed by atoms with Gasteiger partial charge in [0, 0.05) is 23.6 Å². The smallest absolute Gasteiger partial charge is 0.250 e. The van der Waals surface area contributed by atoms with Crippen LogP contribution in [0.5, 0.6) is 0 Å². The maximum absolute atomic E-state index is 12.7. The first-order valence-electron chi connectivity index (χ1n) is 9.98. The minimum Gasteiger partial charge on any atom is -0.366 e. The van der Waals surface area contributed by atoms with Crippen molar-refractivity contribution >= 4 is 22.7 Å². The highest BCUT2D eigenvalue weighted by Gasteiger charge is 2.19. The number of carbonyl (C=O) groups excluding carboxylic acids is 2. The van der Waals surface area contributed by atoms with Crippen LogP contribution >= 0.6 is 0 Å². The number of hydrogen-bond donors (Lipinski definition) is 2. The summed E-state index contributed by atoms with van der Waals surface area (Å²) in [5, 5.41) is 3.83. The molecule has 0 saturated carbocycles. The van der Waals surface area contributed by atoms with Gasteiger partial charge >= 0.3 is 0 Å². The van der Waals surface area contributed by atoms with E-state index in [-0.39, 0.29) is 18.5 Å². The lowest BCUT2D eigenvalue weighted by Crippen LogP contribution is -2.39. The van der Waals surface area contributed by atoms with Crippen molar-refractivity contribution in [3.63, 3.8) is 0 Å². The molecule has 0 unspecified atom stereocenters. The molecule has 0 radical (unpaired) electrons. The Bertz CT molecular complexity index is 977. The summed E-state index contributed by atoms with van der Waals surface area (Å²) >= 11 is 0. The summed E-state index contributed by atoms with van der Waals surface area (Å²) in [6.07, 6.45) is 1.66. The molecule has 0 saturated heterocycles. The third-order valence-corrected chi connectivity index (χ3v) is 5.30. The standard InChI is InChI=1S/C23H28N4O2/c1-3-26(4-2)21(17-10-6-5-7-11-17)14-25-22(28)16-27-15-19(23(24)29)18-12-8-9-13-20(18)27/h5-13,15,21H,3-4,14,16H2,1-2H3,(H2,24,29)(H,25,28)/t21-/m1/s1. The van der Waals surface area contributed by atoms with E-state index in [0.29, 0.717) is 12.1 Å². The second-order valence-corrected chi connectivity index (χ2v) is 7.00. The van der Waals surface area contributed by atoms with Crippen LogP contribution in [0.15, 0.2) is 60.8 Å². The number of hydrogen-bond acceptors (Lipinski definition) is 3. The number of nitrogens with zero attached hydrogens (tertiary/aromatic N) is 2. The highest BCUT2D eigenvalue weighted by Crippen LogP contribution is 2.22. The Hall–Kier alpha value is -3.12. The average molecular weight is 393 g/mol. The van der Waals surface area contributed by atoms with Gasteiger partial charge in [0.25, 0.3) is 5.91 Å². The van der Waals surface area contributed by atoms with Crippen molar-refractivity contribution in [3.05, 3.63) is 71.9 Å². The molecular weight excluding hydrogens is 364 g/mol. The van der Waals surface area contributed by atoms with Crippen LogP contribution in [0.3, 0.4) is 0 Å². The maximum atomic E-state index is 12.7. The van der Waals surface area contributed by atoms with E-state index >= 15 is 0 Å². The number of benzene rings is 2.